The standard InChI is InChI=1S/C20H24O3/c1-15-14-16(10-11-18(15)20(2,3)4)19(21)23-13-12-22-17-8-6-5-7-9-17/h5-11,14H,12-13H2,1-4H3. The van der Waals surface area contributed by atoms with Crippen molar-refractivity contribution in [2.45, 2.75) is 33.1 Å². The first-order valence-corrected chi connectivity index (χ1v) is 7.84. The van der Waals surface area contributed by atoms with E-state index in [0.29, 0.717) is 12.2 Å². The van der Waals surface area contributed by atoms with Gasteiger partial charge in [-0.3, -0.25) is 0 Å². The summed E-state index contributed by atoms with van der Waals surface area (Å²) in [5.41, 5.74) is 2.99. The molecule has 0 radical (unpaired) electrons. The van der Waals surface area contributed by atoms with Crippen LogP contribution in [-0.4, -0.2) is 19.2 Å². The Balaban J connectivity index is 1.87. The highest BCUT2D eigenvalue weighted by Gasteiger charge is 2.17. The Morgan fingerprint density at radius 2 is 1.70 bits per heavy atom. The number of aryl methyl sites for hydroxylation is 1. The van der Waals surface area contributed by atoms with Crippen molar-refractivity contribution in [1.82, 2.24) is 0 Å². The SMILES string of the molecule is Cc1cc(C(=O)OCCOc2ccccc2)ccc1C(C)(C)C. The molecule has 122 valence electrons. The van der Waals surface area contributed by atoms with Gasteiger partial charge in [-0.2, -0.15) is 0 Å². The summed E-state index contributed by atoms with van der Waals surface area (Å²) in [6, 6.07) is 15.2. The molecular weight excluding hydrogens is 288 g/mol. The van der Waals surface area contributed by atoms with E-state index in [1.807, 2.05) is 55.5 Å². The van der Waals surface area contributed by atoms with Crippen LogP contribution < -0.4 is 4.74 Å². The monoisotopic (exact) mass is 312 g/mol. The zero-order valence-corrected chi connectivity index (χ0v) is 14.3. The number of carbonyl (C=O) groups excluding carboxylic acids is 1. The highest BCUT2D eigenvalue weighted by molar-refractivity contribution is 5.89. The molecule has 0 spiro atoms. The first-order chi connectivity index (χ1) is 10.9. The number of para-hydroxylation sites is 1. The lowest BCUT2D eigenvalue weighted by molar-refractivity contribution is 0.0450. The van der Waals surface area contributed by atoms with E-state index in [9.17, 15) is 4.79 Å². The van der Waals surface area contributed by atoms with Crippen molar-refractivity contribution in [2.24, 2.45) is 0 Å². The summed E-state index contributed by atoms with van der Waals surface area (Å²) in [5.74, 6) is 0.458. The van der Waals surface area contributed by atoms with Crippen LogP contribution >= 0.6 is 0 Å². The molecular formula is C20H24O3. The maximum absolute atomic E-state index is 12.1. The lowest BCUT2D eigenvalue weighted by Crippen LogP contribution is -2.15. The van der Waals surface area contributed by atoms with Crippen LogP contribution in [0.3, 0.4) is 0 Å². The third-order valence-electron chi connectivity index (χ3n) is 3.60. The van der Waals surface area contributed by atoms with Gasteiger partial charge in [0.25, 0.3) is 0 Å². The molecule has 0 saturated heterocycles. The molecule has 0 heterocycles. The van der Waals surface area contributed by atoms with Gasteiger partial charge in [0.1, 0.15) is 19.0 Å². The number of esters is 1. The van der Waals surface area contributed by atoms with E-state index in [1.54, 1.807) is 0 Å². The normalized spacial score (nSPS) is 11.1. The Morgan fingerprint density at radius 1 is 1.00 bits per heavy atom. The molecule has 2 aromatic rings. The molecule has 0 atom stereocenters. The molecule has 0 N–H and O–H groups in total. The molecule has 3 nitrogen and oxygen atoms in total. The molecule has 2 aromatic carbocycles. The van der Waals surface area contributed by atoms with Crippen LogP contribution in [0.2, 0.25) is 0 Å². The smallest absolute Gasteiger partial charge is 0.338 e. The van der Waals surface area contributed by atoms with E-state index in [4.69, 9.17) is 9.47 Å². The van der Waals surface area contributed by atoms with Gasteiger partial charge < -0.3 is 9.47 Å². The van der Waals surface area contributed by atoms with Gasteiger partial charge in [0.2, 0.25) is 0 Å². The predicted octanol–water partition coefficient (Wildman–Crippen LogP) is 4.53. The topological polar surface area (TPSA) is 35.5 Å². The molecule has 0 bridgehead atoms. The Morgan fingerprint density at radius 3 is 2.30 bits per heavy atom. The summed E-state index contributed by atoms with van der Waals surface area (Å²) in [4.78, 5) is 12.1. The summed E-state index contributed by atoms with van der Waals surface area (Å²) in [6.45, 7) is 9.08. The van der Waals surface area contributed by atoms with Crippen molar-refractivity contribution < 1.29 is 14.3 Å². The molecule has 0 amide bonds. The summed E-state index contributed by atoms with van der Waals surface area (Å²) in [5, 5.41) is 0. The second-order valence-corrected chi connectivity index (χ2v) is 6.58. The molecule has 0 aliphatic rings. The second-order valence-electron chi connectivity index (χ2n) is 6.58. The van der Waals surface area contributed by atoms with E-state index in [1.165, 1.54) is 5.56 Å². The largest absolute Gasteiger partial charge is 0.490 e. The van der Waals surface area contributed by atoms with Crippen molar-refractivity contribution >= 4 is 5.97 Å². The van der Waals surface area contributed by atoms with Crippen molar-refractivity contribution in [3.05, 3.63) is 65.2 Å². The number of ether oxygens (including phenoxy) is 2. The average molecular weight is 312 g/mol. The second kappa shape index (κ2) is 7.32. The highest BCUT2D eigenvalue weighted by Crippen LogP contribution is 2.26. The minimum atomic E-state index is -0.315. The summed E-state index contributed by atoms with van der Waals surface area (Å²) < 4.78 is 10.8. The van der Waals surface area contributed by atoms with Gasteiger partial charge in [0, 0.05) is 0 Å². The third-order valence-corrected chi connectivity index (χ3v) is 3.60. The average Bonchev–Trinajstić information content (AvgIpc) is 2.51. The van der Waals surface area contributed by atoms with Gasteiger partial charge in [-0.05, 0) is 47.7 Å². The molecule has 0 aromatic heterocycles. The first-order valence-electron chi connectivity index (χ1n) is 7.84. The summed E-state index contributed by atoms with van der Waals surface area (Å²) in [7, 11) is 0. The Labute approximate surface area is 138 Å². The van der Waals surface area contributed by atoms with Crippen LogP contribution in [0.15, 0.2) is 48.5 Å². The maximum Gasteiger partial charge on any atom is 0.338 e. The van der Waals surface area contributed by atoms with E-state index < -0.39 is 0 Å². The van der Waals surface area contributed by atoms with E-state index in [2.05, 4.69) is 20.8 Å². The van der Waals surface area contributed by atoms with Crippen LogP contribution in [0.25, 0.3) is 0 Å². The summed E-state index contributed by atoms with van der Waals surface area (Å²) in [6.07, 6.45) is 0. The number of rotatable bonds is 5. The maximum atomic E-state index is 12.1. The van der Waals surface area contributed by atoms with Gasteiger partial charge in [0.05, 0.1) is 5.56 Å². The minimum Gasteiger partial charge on any atom is -0.490 e. The fourth-order valence-corrected chi connectivity index (χ4v) is 2.53. The van der Waals surface area contributed by atoms with Gasteiger partial charge in [-0.15, -0.1) is 0 Å². The summed E-state index contributed by atoms with van der Waals surface area (Å²) >= 11 is 0. The van der Waals surface area contributed by atoms with E-state index >= 15 is 0 Å². The van der Waals surface area contributed by atoms with Crippen molar-refractivity contribution in [2.75, 3.05) is 13.2 Å². The zero-order chi connectivity index (χ0) is 16.9. The fraction of sp³-hybridized carbons (Fsp3) is 0.350. The molecule has 3 heteroatoms. The molecule has 2 rings (SSSR count). The van der Waals surface area contributed by atoms with Crippen molar-refractivity contribution in [3.63, 3.8) is 0 Å². The van der Waals surface area contributed by atoms with E-state index in [-0.39, 0.29) is 18.0 Å². The fourth-order valence-electron chi connectivity index (χ4n) is 2.53. The van der Waals surface area contributed by atoms with E-state index in [0.717, 1.165) is 11.3 Å². The number of hydrogen-bond acceptors (Lipinski definition) is 3. The Bertz CT molecular complexity index is 654. The minimum absolute atomic E-state index is 0.0655. The third kappa shape index (κ3) is 4.85. The number of hydrogen-bond donors (Lipinski definition) is 0. The molecule has 0 saturated carbocycles. The quantitative estimate of drug-likeness (QED) is 0.601. The van der Waals surface area contributed by atoms with Crippen LogP contribution in [0, 0.1) is 6.92 Å². The van der Waals surface area contributed by atoms with Crippen molar-refractivity contribution in [1.29, 1.82) is 0 Å². The molecule has 0 fully saturated rings. The number of benzene rings is 2. The zero-order valence-electron chi connectivity index (χ0n) is 14.3. The predicted molar refractivity (Wildman–Crippen MR) is 92.1 cm³/mol. The highest BCUT2D eigenvalue weighted by atomic mass is 16.6. The van der Waals surface area contributed by atoms with Gasteiger partial charge in [0.15, 0.2) is 0 Å². The van der Waals surface area contributed by atoms with Crippen LogP contribution in [0.1, 0.15) is 42.3 Å². The molecule has 0 aliphatic heterocycles. The van der Waals surface area contributed by atoms with Gasteiger partial charge >= 0.3 is 5.97 Å². The molecule has 0 unspecified atom stereocenters. The van der Waals surface area contributed by atoms with Gasteiger partial charge in [-0.25, -0.2) is 4.79 Å². The Kier molecular flexibility index (Phi) is 5.43. The Hall–Kier alpha value is -2.29. The van der Waals surface area contributed by atoms with Crippen LogP contribution in [-0.2, 0) is 10.2 Å². The lowest BCUT2D eigenvalue weighted by Gasteiger charge is -2.22. The molecule has 23 heavy (non-hydrogen) atoms. The number of carbonyl (C=O) groups is 1. The first kappa shape index (κ1) is 17.1. The van der Waals surface area contributed by atoms with Crippen molar-refractivity contribution in [3.8, 4) is 5.75 Å². The van der Waals surface area contributed by atoms with Gasteiger partial charge in [-0.1, -0.05) is 45.0 Å². The van der Waals surface area contributed by atoms with Crippen LogP contribution in [0.4, 0.5) is 0 Å². The lowest BCUT2D eigenvalue weighted by atomic mass is 9.83. The molecule has 0 aliphatic carbocycles. The van der Waals surface area contributed by atoms with Crippen LogP contribution in [0.5, 0.6) is 5.75 Å².